The van der Waals surface area contributed by atoms with Gasteiger partial charge in [0.1, 0.15) is 17.5 Å². The highest BCUT2D eigenvalue weighted by molar-refractivity contribution is 7.07. The average Bonchev–Trinajstić information content (AvgIpc) is 3.84. The SMILES string of the molecule is O=C(NCCCCCCOCCCC[C@H]1CCC[C@@H](Cn2cc([C@@H]3CCC[C@H](CCCCOCc4ccccc4)O3)nn2)O1)c1cscn1. The van der Waals surface area contributed by atoms with E-state index >= 15 is 0 Å². The van der Waals surface area contributed by atoms with E-state index in [0.29, 0.717) is 24.9 Å². The number of nitrogens with zero attached hydrogens (tertiary/aromatic N) is 4. The number of ether oxygens (including phenoxy) is 4. The number of amides is 1. The first-order valence-corrected chi connectivity index (χ1v) is 19.7. The molecule has 2 saturated heterocycles. The summed E-state index contributed by atoms with van der Waals surface area (Å²) in [5.41, 5.74) is 4.38. The number of nitrogens with one attached hydrogen (secondary N) is 1. The van der Waals surface area contributed by atoms with Crippen LogP contribution in [-0.2, 0) is 32.1 Å². The van der Waals surface area contributed by atoms with E-state index in [2.05, 4.69) is 51.1 Å². The number of benzene rings is 1. The molecule has 0 unspecified atom stereocenters. The maximum absolute atomic E-state index is 11.9. The molecule has 3 aromatic rings. The Morgan fingerprint density at radius 1 is 0.837 bits per heavy atom. The number of carbonyl (C=O) groups excluding carboxylic acids is 1. The first-order valence-electron chi connectivity index (χ1n) is 18.8. The average molecular weight is 696 g/mol. The largest absolute Gasteiger partial charge is 0.381 e. The zero-order valence-electron chi connectivity index (χ0n) is 29.2. The van der Waals surface area contributed by atoms with Crippen LogP contribution in [0.3, 0.4) is 0 Å². The second kappa shape index (κ2) is 22.2. The van der Waals surface area contributed by atoms with Crippen LogP contribution in [0.25, 0.3) is 0 Å². The van der Waals surface area contributed by atoms with Gasteiger partial charge in [-0.3, -0.25) is 4.79 Å². The molecule has 2 aliphatic heterocycles. The predicted molar refractivity (Wildman–Crippen MR) is 192 cm³/mol. The Morgan fingerprint density at radius 3 is 2.35 bits per heavy atom. The smallest absolute Gasteiger partial charge is 0.270 e. The number of hydrogen-bond donors (Lipinski definition) is 1. The number of aromatic nitrogens is 4. The van der Waals surface area contributed by atoms with Gasteiger partial charge in [-0.15, -0.1) is 16.4 Å². The Balaban J connectivity index is 0.860. The van der Waals surface area contributed by atoms with Crippen LogP contribution >= 0.6 is 11.3 Å². The molecule has 2 aromatic heterocycles. The van der Waals surface area contributed by atoms with Gasteiger partial charge < -0.3 is 24.3 Å². The lowest BCUT2D eigenvalue weighted by Gasteiger charge is -2.30. The lowest BCUT2D eigenvalue weighted by atomic mass is 9.99. The van der Waals surface area contributed by atoms with Crippen LogP contribution in [0.2, 0.25) is 0 Å². The van der Waals surface area contributed by atoms with Crippen molar-refractivity contribution in [2.75, 3.05) is 26.4 Å². The highest BCUT2D eigenvalue weighted by Crippen LogP contribution is 2.32. The Morgan fingerprint density at radius 2 is 1.55 bits per heavy atom. The Bertz CT molecular complexity index is 1290. The molecular weight excluding hydrogens is 639 g/mol. The quantitative estimate of drug-likeness (QED) is 0.1000. The van der Waals surface area contributed by atoms with Gasteiger partial charge in [0, 0.05) is 31.7 Å². The fourth-order valence-electron chi connectivity index (χ4n) is 6.73. The summed E-state index contributed by atoms with van der Waals surface area (Å²) in [4.78, 5) is 15.9. The van der Waals surface area contributed by atoms with Crippen molar-refractivity contribution in [3.05, 3.63) is 64.4 Å². The fraction of sp³-hybridized carbons (Fsp3) is 0.684. The van der Waals surface area contributed by atoms with Crippen molar-refractivity contribution in [3.63, 3.8) is 0 Å². The van der Waals surface area contributed by atoms with Gasteiger partial charge in [-0.1, -0.05) is 48.4 Å². The van der Waals surface area contributed by atoms with Gasteiger partial charge in [0.25, 0.3) is 5.91 Å². The fourth-order valence-corrected chi connectivity index (χ4v) is 7.27. The third-order valence-electron chi connectivity index (χ3n) is 9.47. The van der Waals surface area contributed by atoms with Gasteiger partial charge in [0.2, 0.25) is 0 Å². The molecule has 2 fully saturated rings. The molecule has 4 heterocycles. The molecule has 5 rings (SSSR count). The molecule has 10 nitrogen and oxygen atoms in total. The molecule has 0 aliphatic carbocycles. The first-order chi connectivity index (χ1) is 24.2. The molecule has 2 aliphatic rings. The lowest BCUT2D eigenvalue weighted by molar-refractivity contribution is -0.0630. The summed E-state index contributed by atoms with van der Waals surface area (Å²) in [7, 11) is 0. The van der Waals surface area contributed by atoms with Crippen molar-refractivity contribution in [3.8, 4) is 0 Å². The van der Waals surface area contributed by atoms with E-state index in [9.17, 15) is 4.79 Å². The molecule has 270 valence electrons. The number of hydrogen-bond acceptors (Lipinski definition) is 9. The minimum Gasteiger partial charge on any atom is -0.381 e. The van der Waals surface area contributed by atoms with Crippen LogP contribution in [0.4, 0.5) is 0 Å². The number of carbonyl (C=O) groups is 1. The van der Waals surface area contributed by atoms with E-state index in [4.69, 9.17) is 18.9 Å². The van der Waals surface area contributed by atoms with Crippen LogP contribution in [-0.4, -0.2) is 70.6 Å². The standard InChI is InChI=1S/C38H57N5O5S/c44-38(36-29-49-30-40-36)39-22-8-1-2-9-23-45-24-10-6-16-32-18-12-20-34(47-32)26-43-27-35(41-42-43)37-21-13-19-33(48-37)17-7-11-25-46-28-31-14-4-3-5-15-31/h3-5,14-15,27,29-30,32-34,37H,1-2,6-13,16-26,28H2,(H,39,44)/t32-,33-,34-,37-/m0/s1. The van der Waals surface area contributed by atoms with Gasteiger partial charge in [0.15, 0.2) is 0 Å². The molecule has 0 saturated carbocycles. The molecule has 11 heteroatoms. The molecule has 0 spiro atoms. The molecule has 49 heavy (non-hydrogen) atoms. The molecule has 4 atom stereocenters. The normalized spacial score (nSPS) is 21.1. The maximum Gasteiger partial charge on any atom is 0.270 e. The van der Waals surface area contributed by atoms with Crippen LogP contribution in [0, 0.1) is 0 Å². The van der Waals surface area contributed by atoms with E-state index in [-0.39, 0.29) is 24.2 Å². The molecule has 0 radical (unpaired) electrons. The molecule has 1 aromatic carbocycles. The van der Waals surface area contributed by atoms with Crippen molar-refractivity contribution in [2.24, 2.45) is 0 Å². The van der Waals surface area contributed by atoms with Gasteiger partial charge >= 0.3 is 0 Å². The summed E-state index contributed by atoms with van der Waals surface area (Å²) in [6.07, 6.45) is 20.4. The van der Waals surface area contributed by atoms with Crippen molar-refractivity contribution >= 4 is 17.2 Å². The van der Waals surface area contributed by atoms with Crippen LogP contribution < -0.4 is 5.32 Å². The van der Waals surface area contributed by atoms with Crippen LogP contribution in [0.1, 0.15) is 131 Å². The number of unbranched alkanes of at least 4 members (excludes halogenated alkanes) is 5. The third kappa shape index (κ3) is 14.2. The monoisotopic (exact) mass is 695 g/mol. The summed E-state index contributed by atoms with van der Waals surface area (Å²) >= 11 is 1.44. The van der Waals surface area contributed by atoms with Gasteiger partial charge in [0.05, 0.1) is 43.2 Å². The van der Waals surface area contributed by atoms with Crippen molar-refractivity contribution < 1.29 is 23.7 Å². The minimum absolute atomic E-state index is 0.0397. The van der Waals surface area contributed by atoms with Crippen molar-refractivity contribution in [2.45, 2.75) is 140 Å². The van der Waals surface area contributed by atoms with Gasteiger partial charge in [-0.2, -0.15) is 0 Å². The second-order valence-corrected chi connectivity index (χ2v) is 14.3. The van der Waals surface area contributed by atoms with E-state index in [1.54, 1.807) is 10.9 Å². The zero-order valence-corrected chi connectivity index (χ0v) is 30.0. The predicted octanol–water partition coefficient (Wildman–Crippen LogP) is 7.85. The third-order valence-corrected chi connectivity index (χ3v) is 10.1. The Hall–Kier alpha value is -2.70. The first kappa shape index (κ1) is 37.6. The summed E-state index contributed by atoms with van der Waals surface area (Å²) in [6.45, 7) is 4.55. The number of thiazole rings is 1. The molecule has 0 bridgehead atoms. The zero-order chi connectivity index (χ0) is 33.8. The lowest BCUT2D eigenvalue weighted by Crippen LogP contribution is -2.31. The summed E-state index contributed by atoms with van der Waals surface area (Å²) in [5.74, 6) is -0.0784. The van der Waals surface area contributed by atoms with Crippen LogP contribution in [0.5, 0.6) is 0 Å². The topological polar surface area (TPSA) is 110 Å². The minimum atomic E-state index is -0.0784. The van der Waals surface area contributed by atoms with E-state index in [0.717, 1.165) is 122 Å². The van der Waals surface area contributed by atoms with Gasteiger partial charge in [-0.05, 0) is 95.5 Å². The Kier molecular flexibility index (Phi) is 17.0. The van der Waals surface area contributed by atoms with Gasteiger partial charge in [-0.25, -0.2) is 9.67 Å². The summed E-state index contributed by atoms with van der Waals surface area (Å²) in [5, 5.41) is 13.7. The highest BCUT2D eigenvalue weighted by atomic mass is 32.1. The van der Waals surface area contributed by atoms with E-state index in [1.165, 1.54) is 29.7 Å². The molecule has 1 N–H and O–H groups in total. The second-order valence-electron chi connectivity index (χ2n) is 13.5. The molecular formula is C38H57N5O5S. The highest BCUT2D eigenvalue weighted by Gasteiger charge is 2.27. The Labute approximate surface area is 296 Å². The van der Waals surface area contributed by atoms with Crippen molar-refractivity contribution in [1.82, 2.24) is 25.3 Å². The maximum atomic E-state index is 11.9. The van der Waals surface area contributed by atoms with E-state index < -0.39 is 0 Å². The summed E-state index contributed by atoms with van der Waals surface area (Å²) < 4.78 is 26.7. The van der Waals surface area contributed by atoms with E-state index in [1.807, 2.05) is 10.7 Å². The summed E-state index contributed by atoms with van der Waals surface area (Å²) in [6, 6.07) is 10.4. The number of rotatable bonds is 23. The molecule has 1 amide bonds. The van der Waals surface area contributed by atoms with Crippen LogP contribution in [0.15, 0.2) is 47.4 Å². The van der Waals surface area contributed by atoms with Crippen molar-refractivity contribution in [1.29, 1.82) is 0 Å².